The van der Waals surface area contributed by atoms with Crippen LogP contribution < -0.4 is 5.32 Å². The summed E-state index contributed by atoms with van der Waals surface area (Å²) in [5.41, 5.74) is 3.78. The Hall–Kier alpha value is -1.51. The highest BCUT2D eigenvalue weighted by Gasteiger charge is 2.47. The van der Waals surface area contributed by atoms with E-state index in [2.05, 4.69) is 31.3 Å². The molecule has 0 aliphatic heterocycles. The molecule has 2 aliphatic carbocycles. The van der Waals surface area contributed by atoms with Crippen molar-refractivity contribution in [2.45, 2.75) is 45.4 Å². The van der Waals surface area contributed by atoms with Gasteiger partial charge in [-0.2, -0.15) is 0 Å². The van der Waals surface area contributed by atoms with Crippen LogP contribution in [0.3, 0.4) is 0 Å². The molecule has 1 fully saturated rings. The van der Waals surface area contributed by atoms with Crippen LogP contribution in [0.4, 0.5) is 10.5 Å². The fraction of sp³-hybridized carbons (Fsp3) is 0.588. The Bertz CT molecular complexity index is 524. The molecule has 1 amide bonds. The molecule has 3 rings (SSSR count). The van der Waals surface area contributed by atoms with Gasteiger partial charge in [0.1, 0.15) is 0 Å². The predicted octanol–water partition coefficient (Wildman–Crippen LogP) is 4.50. The third-order valence-electron chi connectivity index (χ3n) is 4.91. The Morgan fingerprint density at radius 1 is 1.35 bits per heavy atom. The van der Waals surface area contributed by atoms with Crippen LogP contribution in [-0.4, -0.2) is 12.7 Å². The van der Waals surface area contributed by atoms with E-state index in [1.54, 1.807) is 0 Å². The largest absolute Gasteiger partial charge is 0.450 e. The van der Waals surface area contributed by atoms with Crippen molar-refractivity contribution < 1.29 is 9.53 Å². The van der Waals surface area contributed by atoms with Crippen LogP contribution >= 0.6 is 0 Å². The number of anilines is 1. The van der Waals surface area contributed by atoms with Crippen LogP contribution in [0.2, 0.25) is 0 Å². The molecule has 3 unspecified atom stereocenters. The van der Waals surface area contributed by atoms with Gasteiger partial charge in [0.05, 0.1) is 6.61 Å². The van der Waals surface area contributed by atoms with Gasteiger partial charge in [0.15, 0.2) is 0 Å². The van der Waals surface area contributed by atoms with Gasteiger partial charge in [0.25, 0.3) is 0 Å². The molecule has 0 radical (unpaired) electrons. The molecule has 0 aromatic heterocycles. The van der Waals surface area contributed by atoms with Crippen LogP contribution in [0.25, 0.3) is 0 Å². The molecule has 1 N–H and O–H groups in total. The summed E-state index contributed by atoms with van der Waals surface area (Å²) < 4.78 is 5.01. The summed E-state index contributed by atoms with van der Waals surface area (Å²) in [6, 6.07) is 6.30. The summed E-state index contributed by atoms with van der Waals surface area (Å²) in [5, 5.41) is 2.93. The summed E-state index contributed by atoms with van der Waals surface area (Å²) >= 11 is 0. The Kier molecular flexibility index (Phi) is 3.45. The Labute approximate surface area is 120 Å². The Morgan fingerprint density at radius 3 is 2.80 bits per heavy atom. The van der Waals surface area contributed by atoms with E-state index in [0.717, 1.165) is 11.6 Å². The minimum Gasteiger partial charge on any atom is -0.450 e. The van der Waals surface area contributed by atoms with Crippen molar-refractivity contribution in [2.75, 3.05) is 11.9 Å². The molecule has 3 atom stereocenters. The molecular weight excluding hydrogens is 250 g/mol. The van der Waals surface area contributed by atoms with Crippen molar-refractivity contribution in [3.63, 3.8) is 0 Å². The first-order valence-electron chi connectivity index (χ1n) is 7.70. The quantitative estimate of drug-likeness (QED) is 0.880. The van der Waals surface area contributed by atoms with Gasteiger partial charge in [-0.05, 0) is 60.6 Å². The van der Waals surface area contributed by atoms with Gasteiger partial charge in [-0.3, -0.25) is 5.32 Å². The first kappa shape index (κ1) is 13.5. The molecule has 0 spiro atoms. The van der Waals surface area contributed by atoms with Crippen LogP contribution in [0, 0.1) is 11.8 Å². The van der Waals surface area contributed by atoms with E-state index in [4.69, 9.17) is 4.74 Å². The first-order valence-corrected chi connectivity index (χ1v) is 7.70. The summed E-state index contributed by atoms with van der Waals surface area (Å²) in [6.45, 7) is 6.87. The predicted molar refractivity (Wildman–Crippen MR) is 80.1 cm³/mol. The van der Waals surface area contributed by atoms with E-state index in [9.17, 15) is 4.79 Å². The molecule has 0 saturated heterocycles. The second-order valence-electron chi connectivity index (χ2n) is 6.27. The molecule has 3 nitrogen and oxygen atoms in total. The Morgan fingerprint density at radius 2 is 2.10 bits per heavy atom. The number of amides is 1. The average molecular weight is 273 g/mol. The number of fused-ring (bicyclic) bond motifs is 5. The van der Waals surface area contributed by atoms with Crippen LogP contribution in [-0.2, 0) is 4.74 Å². The third kappa shape index (κ3) is 2.00. The monoisotopic (exact) mass is 273 g/mol. The lowest BCUT2D eigenvalue weighted by Crippen LogP contribution is -2.16. The van der Waals surface area contributed by atoms with E-state index in [1.807, 2.05) is 13.0 Å². The lowest BCUT2D eigenvalue weighted by atomic mass is 9.85. The highest BCUT2D eigenvalue weighted by atomic mass is 16.5. The number of rotatable bonds is 3. The zero-order valence-corrected chi connectivity index (χ0v) is 12.5. The van der Waals surface area contributed by atoms with Gasteiger partial charge in [-0.1, -0.05) is 26.0 Å². The van der Waals surface area contributed by atoms with Crippen molar-refractivity contribution in [1.29, 1.82) is 0 Å². The smallest absolute Gasteiger partial charge is 0.411 e. The first-order chi connectivity index (χ1) is 9.63. The summed E-state index contributed by atoms with van der Waals surface area (Å²) in [7, 11) is 0. The van der Waals surface area contributed by atoms with Crippen molar-refractivity contribution in [1.82, 2.24) is 0 Å². The van der Waals surface area contributed by atoms with Gasteiger partial charge < -0.3 is 4.74 Å². The van der Waals surface area contributed by atoms with Crippen molar-refractivity contribution >= 4 is 11.8 Å². The highest BCUT2D eigenvalue weighted by Crippen LogP contribution is 2.61. The van der Waals surface area contributed by atoms with E-state index < -0.39 is 0 Å². The molecular formula is C17H23NO2. The summed E-state index contributed by atoms with van der Waals surface area (Å²) in [6.07, 6.45) is 2.20. The van der Waals surface area contributed by atoms with Crippen LogP contribution in [0.5, 0.6) is 0 Å². The molecule has 2 bridgehead atoms. The average Bonchev–Trinajstić information content (AvgIpc) is 2.96. The van der Waals surface area contributed by atoms with Gasteiger partial charge in [0, 0.05) is 5.69 Å². The maximum Gasteiger partial charge on any atom is 0.411 e. The van der Waals surface area contributed by atoms with Crippen molar-refractivity contribution in [3.8, 4) is 0 Å². The number of carbonyl (C=O) groups excluding carboxylic acids is 1. The lowest BCUT2D eigenvalue weighted by molar-refractivity contribution is 0.168. The lowest BCUT2D eigenvalue weighted by Gasteiger charge is -2.20. The van der Waals surface area contributed by atoms with E-state index >= 15 is 0 Å². The van der Waals surface area contributed by atoms with Gasteiger partial charge in [-0.25, -0.2) is 4.79 Å². The molecule has 2 aliphatic rings. The van der Waals surface area contributed by atoms with E-state index in [1.165, 1.54) is 24.0 Å². The van der Waals surface area contributed by atoms with Crippen molar-refractivity contribution in [2.24, 2.45) is 11.8 Å². The molecule has 20 heavy (non-hydrogen) atoms. The number of benzene rings is 1. The number of nitrogens with one attached hydrogen (secondary N) is 1. The third-order valence-corrected chi connectivity index (χ3v) is 4.91. The summed E-state index contributed by atoms with van der Waals surface area (Å²) in [4.78, 5) is 11.7. The standard InChI is InChI=1S/C17H23NO2/c1-4-20-17(19)18-14-7-5-6-11-12-8-9-13(16(11)14)15(12)10(2)3/h5-7,10,12-13,15H,4,8-9H2,1-3H3,(H,18,19). The number of hydrogen-bond acceptors (Lipinski definition) is 2. The molecule has 1 saturated carbocycles. The topological polar surface area (TPSA) is 38.3 Å². The normalized spacial score (nSPS) is 26.7. The Balaban J connectivity index is 1.93. The molecule has 3 heteroatoms. The van der Waals surface area contributed by atoms with Gasteiger partial charge >= 0.3 is 6.09 Å². The molecule has 1 aromatic rings. The minimum atomic E-state index is -0.343. The van der Waals surface area contributed by atoms with Crippen LogP contribution in [0.15, 0.2) is 18.2 Å². The van der Waals surface area contributed by atoms with E-state index in [-0.39, 0.29) is 6.09 Å². The second kappa shape index (κ2) is 5.12. The molecule has 0 heterocycles. The summed E-state index contributed by atoms with van der Waals surface area (Å²) in [5.74, 6) is 2.71. The SMILES string of the molecule is CCOC(=O)Nc1cccc2c1C1CCC2C1C(C)C. The maximum atomic E-state index is 11.7. The maximum absolute atomic E-state index is 11.7. The van der Waals surface area contributed by atoms with Gasteiger partial charge in [-0.15, -0.1) is 0 Å². The second-order valence-corrected chi connectivity index (χ2v) is 6.27. The highest BCUT2D eigenvalue weighted by molar-refractivity contribution is 5.86. The van der Waals surface area contributed by atoms with Gasteiger partial charge in [0.2, 0.25) is 0 Å². The molecule has 108 valence electrons. The fourth-order valence-electron chi connectivity index (χ4n) is 4.36. The zero-order chi connectivity index (χ0) is 14.3. The zero-order valence-electron chi connectivity index (χ0n) is 12.5. The fourth-order valence-corrected chi connectivity index (χ4v) is 4.36. The molecule has 1 aromatic carbocycles. The number of carbonyl (C=O) groups is 1. The minimum absolute atomic E-state index is 0.343. The number of hydrogen-bond donors (Lipinski definition) is 1. The number of ether oxygens (including phenoxy) is 1. The van der Waals surface area contributed by atoms with Crippen molar-refractivity contribution in [3.05, 3.63) is 29.3 Å². The van der Waals surface area contributed by atoms with E-state index in [0.29, 0.717) is 24.4 Å². The van der Waals surface area contributed by atoms with Crippen LogP contribution in [0.1, 0.15) is 56.6 Å².